The Kier molecular flexibility index (Phi) is 5.41. The molecule has 4 rings (SSSR count). The van der Waals surface area contributed by atoms with Gasteiger partial charge in [-0.1, -0.05) is 22.9 Å². The van der Waals surface area contributed by atoms with Gasteiger partial charge in [0.05, 0.1) is 24.9 Å². The first-order valence-electron chi connectivity index (χ1n) is 8.95. The number of aromatic nitrogens is 5. The summed E-state index contributed by atoms with van der Waals surface area (Å²) >= 11 is 7.50. The topological polar surface area (TPSA) is 116 Å². The molecule has 1 N–H and O–H groups in total. The molecular formula is C18H18ClN7O4S. The van der Waals surface area contributed by atoms with Crippen LogP contribution in [0.15, 0.2) is 23.3 Å². The summed E-state index contributed by atoms with van der Waals surface area (Å²) in [5, 5.41) is 8.05. The predicted octanol–water partition coefficient (Wildman–Crippen LogP) is 1.88. The van der Waals surface area contributed by atoms with Crippen molar-refractivity contribution in [2.24, 2.45) is 0 Å². The van der Waals surface area contributed by atoms with E-state index in [4.69, 9.17) is 21.1 Å². The fourth-order valence-electron chi connectivity index (χ4n) is 2.90. The van der Waals surface area contributed by atoms with Crippen molar-refractivity contribution in [2.45, 2.75) is 6.54 Å². The second kappa shape index (κ2) is 8.04. The number of carbonyl (C=O) groups excluding carboxylic acids is 1. The molecule has 3 aromatic heterocycles. The van der Waals surface area contributed by atoms with E-state index in [1.807, 2.05) is 19.0 Å². The average molecular weight is 464 g/mol. The maximum atomic E-state index is 12.7. The standard InChI is InChI=1S/C18H18ClN7O4S/c1-24(2)17-22-15-14(31-17)16-23-26(18(28)25(16)8-20-15)7-13(27)21-10-5-9(19)11(29-3)6-12(10)30-4/h5-6,8H,7H2,1-4H3,(H,21,27). The van der Waals surface area contributed by atoms with Gasteiger partial charge in [-0.25, -0.2) is 18.9 Å². The largest absolute Gasteiger partial charge is 0.495 e. The van der Waals surface area contributed by atoms with Gasteiger partial charge in [0, 0.05) is 20.2 Å². The van der Waals surface area contributed by atoms with E-state index in [-0.39, 0.29) is 6.54 Å². The molecule has 1 amide bonds. The van der Waals surface area contributed by atoms with E-state index in [0.29, 0.717) is 38.2 Å². The van der Waals surface area contributed by atoms with Crippen LogP contribution in [0.5, 0.6) is 11.5 Å². The summed E-state index contributed by atoms with van der Waals surface area (Å²) in [6, 6.07) is 3.07. The second-order valence-electron chi connectivity index (χ2n) is 6.66. The first-order chi connectivity index (χ1) is 14.8. The quantitative estimate of drug-likeness (QED) is 0.460. The molecule has 0 unspecified atom stereocenters. The molecule has 13 heteroatoms. The van der Waals surface area contributed by atoms with E-state index in [1.165, 1.54) is 42.4 Å². The van der Waals surface area contributed by atoms with Crippen molar-refractivity contribution in [1.29, 1.82) is 0 Å². The van der Waals surface area contributed by atoms with Crippen LogP contribution in [0.2, 0.25) is 5.02 Å². The Balaban J connectivity index is 1.65. The number of rotatable bonds is 6. The number of fused-ring (bicyclic) bond motifs is 3. The summed E-state index contributed by atoms with van der Waals surface area (Å²) in [6.07, 6.45) is 1.35. The van der Waals surface area contributed by atoms with E-state index in [1.54, 1.807) is 6.07 Å². The molecule has 0 aliphatic carbocycles. The summed E-state index contributed by atoms with van der Waals surface area (Å²) in [5.74, 6) is 0.294. The monoisotopic (exact) mass is 463 g/mol. The number of anilines is 2. The lowest BCUT2D eigenvalue weighted by molar-refractivity contribution is -0.117. The van der Waals surface area contributed by atoms with Gasteiger partial charge >= 0.3 is 5.69 Å². The normalized spacial score (nSPS) is 11.1. The number of amides is 1. The lowest BCUT2D eigenvalue weighted by atomic mass is 10.2. The fraction of sp³-hybridized carbons (Fsp3) is 0.278. The molecule has 31 heavy (non-hydrogen) atoms. The van der Waals surface area contributed by atoms with Gasteiger partial charge in [0.15, 0.2) is 16.4 Å². The van der Waals surface area contributed by atoms with Crippen LogP contribution >= 0.6 is 22.9 Å². The smallest absolute Gasteiger partial charge is 0.352 e. The van der Waals surface area contributed by atoms with Crippen molar-refractivity contribution in [1.82, 2.24) is 24.1 Å². The van der Waals surface area contributed by atoms with Crippen molar-refractivity contribution >= 4 is 55.7 Å². The van der Waals surface area contributed by atoms with E-state index < -0.39 is 11.6 Å². The molecule has 0 aliphatic heterocycles. The maximum absolute atomic E-state index is 12.7. The molecular weight excluding hydrogens is 446 g/mol. The molecule has 162 valence electrons. The van der Waals surface area contributed by atoms with Crippen LogP contribution in [0.4, 0.5) is 10.8 Å². The third-order valence-corrected chi connectivity index (χ3v) is 5.89. The summed E-state index contributed by atoms with van der Waals surface area (Å²) in [5.41, 5.74) is 0.732. The van der Waals surface area contributed by atoms with E-state index >= 15 is 0 Å². The molecule has 4 aromatic rings. The zero-order valence-electron chi connectivity index (χ0n) is 17.0. The van der Waals surface area contributed by atoms with Crippen LogP contribution in [0.25, 0.3) is 16.0 Å². The van der Waals surface area contributed by atoms with Crippen LogP contribution in [0.1, 0.15) is 0 Å². The summed E-state index contributed by atoms with van der Waals surface area (Å²) in [6.45, 7) is -0.311. The van der Waals surface area contributed by atoms with Crippen molar-refractivity contribution in [2.75, 3.05) is 38.5 Å². The Morgan fingerprint density at radius 3 is 2.68 bits per heavy atom. The Hall–Kier alpha value is -3.38. The first-order valence-corrected chi connectivity index (χ1v) is 10.1. The number of hydrogen-bond donors (Lipinski definition) is 1. The number of nitrogens with one attached hydrogen (secondary N) is 1. The molecule has 0 bridgehead atoms. The van der Waals surface area contributed by atoms with Crippen molar-refractivity contribution in [3.63, 3.8) is 0 Å². The molecule has 0 spiro atoms. The Morgan fingerprint density at radius 1 is 1.26 bits per heavy atom. The van der Waals surface area contributed by atoms with Crippen LogP contribution in [-0.4, -0.2) is 58.4 Å². The molecule has 3 heterocycles. The van der Waals surface area contributed by atoms with Gasteiger partial charge in [0.25, 0.3) is 0 Å². The number of benzene rings is 1. The zero-order valence-corrected chi connectivity index (χ0v) is 18.6. The summed E-state index contributed by atoms with van der Waals surface area (Å²) in [7, 11) is 6.67. The number of hydrogen-bond acceptors (Lipinski definition) is 9. The van der Waals surface area contributed by atoms with Gasteiger partial charge in [-0.2, -0.15) is 4.98 Å². The molecule has 0 saturated heterocycles. The van der Waals surface area contributed by atoms with E-state index in [9.17, 15) is 9.59 Å². The van der Waals surface area contributed by atoms with Crippen LogP contribution in [0.3, 0.4) is 0 Å². The Labute approximate surface area is 184 Å². The highest BCUT2D eigenvalue weighted by Crippen LogP contribution is 2.36. The second-order valence-corrected chi connectivity index (χ2v) is 8.04. The molecule has 1 aromatic carbocycles. The third-order valence-electron chi connectivity index (χ3n) is 4.39. The van der Waals surface area contributed by atoms with Crippen molar-refractivity contribution in [3.05, 3.63) is 34.0 Å². The van der Waals surface area contributed by atoms with Gasteiger partial charge in [-0.3, -0.25) is 4.79 Å². The third kappa shape index (κ3) is 3.75. The van der Waals surface area contributed by atoms with Crippen molar-refractivity contribution < 1.29 is 14.3 Å². The molecule has 0 fully saturated rings. The predicted molar refractivity (Wildman–Crippen MR) is 118 cm³/mol. The fourth-order valence-corrected chi connectivity index (χ4v) is 4.06. The molecule has 0 radical (unpaired) electrons. The molecule has 0 saturated carbocycles. The number of methoxy groups -OCH3 is 2. The van der Waals surface area contributed by atoms with Crippen molar-refractivity contribution in [3.8, 4) is 11.5 Å². The highest BCUT2D eigenvalue weighted by atomic mass is 35.5. The van der Waals surface area contributed by atoms with Gasteiger partial charge in [0.2, 0.25) is 5.91 Å². The number of nitrogens with zero attached hydrogens (tertiary/aromatic N) is 6. The number of ether oxygens (including phenoxy) is 2. The highest BCUT2D eigenvalue weighted by molar-refractivity contribution is 7.22. The van der Waals surface area contributed by atoms with Crippen LogP contribution < -0.4 is 25.4 Å². The van der Waals surface area contributed by atoms with Gasteiger partial charge in [0.1, 0.15) is 29.1 Å². The minimum atomic E-state index is -0.487. The number of carbonyl (C=O) groups is 1. The zero-order chi connectivity index (χ0) is 22.3. The Morgan fingerprint density at radius 2 is 2.00 bits per heavy atom. The SMILES string of the molecule is COc1cc(OC)c(NC(=O)Cn2nc3c4sc(N(C)C)nc4ncn3c2=O)cc1Cl. The Bertz CT molecular complexity index is 1360. The van der Waals surface area contributed by atoms with E-state index in [2.05, 4.69) is 20.4 Å². The number of thiazole rings is 1. The summed E-state index contributed by atoms with van der Waals surface area (Å²) < 4.78 is 13.4. The lowest BCUT2D eigenvalue weighted by Gasteiger charge is -2.12. The summed E-state index contributed by atoms with van der Waals surface area (Å²) in [4.78, 5) is 35.8. The average Bonchev–Trinajstić information content (AvgIpc) is 3.30. The van der Waals surface area contributed by atoms with Gasteiger partial charge in [-0.15, -0.1) is 5.10 Å². The lowest BCUT2D eigenvalue weighted by Crippen LogP contribution is -2.28. The molecule has 0 aliphatic rings. The maximum Gasteiger partial charge on any atom is 0.352 e. The van der Waals surface area contributed by atoms with Crippen LogP contribution in [0, 0.1) is 0 Å². The minimum absolute atomic E-state index is 0.304. The molecule has 11 nitrogen and oxygen atoms in total. The van der Waals surface area contributed by atoms with Gasteiger partial charge < -0.3 is 19.7 Å². The van der Waals surface area contributed by atoms with E-state index in [0.717, 1.165) is 9.81 Å². The number of halogens is 1. The van der Waals surface area contributed by atoms with Gasteiger partial charge in [-0.05, 0) is 6.07 Å². The minimum Gasteiger partial charge on any atom is -0.495 e. The molecule has 0 atom stereocenters. The highest BCUT2D eigenvalue weighted by Gasteiger charge is 2.18. The van der Waals surface area contributed by atoms with Crippen LogP contribution in [-0.2, 0) is 11.3 Å². The first kappa shape index (κ1) is 20.9.